The van der Waals surface area contributed by atoms with Crippen molar-refractivity contribution in [3.63, 3.8) is 0 Å². The van der Waals surface area contributed by atoms with E-state index < -0.39 is 0 Å². The van der Waals surface area contributed by atoms with Crippen LogP contribution in [0.4, 0.5) is 4.39 Å². The molecule has 17 heavy (non-hydrogen) atoms. The molecule has 1 rings (SSSR count). The molecule has 1 aromatic rings. The van der Waals surface area contributed by atoms with Gasteiger partial charge in [0, 0.05) is 12.1 Å². The lowest BCUT2D eigenvalue weighted by atomic mass is 9.87. The monoisotopic (exact) mass is 237 g/mol. The van der Waals surface area contributed by atoms with Gasteiger partial charge in [0.05, 0.1) is 0 Å². The Bertz CT molecular complexity index is 337. The van der Waals surface area contributed by atoms with Gasteiger partial charge in [0.2, 0.25) is 0 Å². The summed E-state index contributed by atoms with van der Waals surface area (Å²) in [5, 5.41) is 3.62. The van der Waals surface area contributed by atoms with Crippen LogP contribution in [0.25, 0.3) is 0 Å². The molecule has 0 heterocycles. The molecule has 2 unspecified atom stereocenters. The normalized spacial score (nSPS) is 15.6. The summed E-state index contributed by atoms with van der Waals surface area (Å²) in [5.74, 6) is -0.174. The molecule has 0 spiro atoms. The summed E-state index contributed by atoms with van der Waals surface area (Å²) >= 11 is 0. The molecule has 0 fully saturated rings. The number of halogens is 1. The number of rotatable bonds is 4. The van der Waals surface area contributed by atoms with E-state index in [2.05, 4.69) is 39.9 Å². The highest BCUT2D eigenvalue weighted by Crippen LogP contribution is 2.24. The van der Waals surface area contributed by atoms with Crippen molar-refractivity contribution in [3.05, 3.63) is 35.6 Å². The summed E-state index contributed by atoms with van der Waals surface area (Å²) in [7, 11) is 0. The first-order valence-electron chi connectivity index (χ1n) is 6.36. The highest BCUT2D eigenvalue weighted by Gasteiger charge is 2.22. The van der Waals surface area contributed by atoms with Crippen molar-refractivity contribution in [1.29, 1.82) is 0 Å². The van der Waals surface area contributed by atoms with Crippen LogP contribution in [-0.4, -0.2) is 6.04 Å². The predicted octanol–water partition coefficient (Wildman–Crippen LogP) is 4.30. The van der Waals surface area contributed by atoms with Gasteiger partial charge in [-0.05, 0) is 36.5 Å². The molecule has 0 amide bonds. The Morgan fingerprint density at radius 3 is 2.12 bits per heavy atom. The maximum atomic E-state index is 12.9. The van der Waals surface area contributed by atoms with Gasteiger partial charge in [-0.15, -0.1) is 0 Å². The fraction of sp³-hybridized carbons (Fsp3) is 0.600. The van der Waals surface area contributed by atoms with E-state index in [9.17, 15) is 4.39 Å². The molecular weight excluding hydrogens is 213 g/mol. The van der Waals surface area contributed by atoms with E-state index in [0.29, 0.717) is 12.1 Å². The topological polar surface area (TPSA) is 12.0 Å². The van der Waals surface area contributed by atoms with Gasteiger partial charge < -0.3 is 5.32 Å². The number of hydrogen-bond acceptors (Lipinski definition) is 1. The zero-order valence-electron chi connectivity index (χ0n) is 11.5. The van der Waals surface area contributed by atoms with Crippen molar-refractivity contribution in [1.82, 2.24) is 5.32 Å². The summed E-state index contributed by atoms with van der Waals surface area (Å²) < 4.78 is 12.9. The Morgan fingerprint density at radius 2 is 1.71 bits per heavy atom. The van der Waals surface area contributed by atoms with Crippen molar-refractivity contribution in [3.8, 4) is 0 Å². The Kier molecular flexibility index (Phi) is 4.70. The van der Waals surface area contributed by atoms with E-state index in [1.165, 1.54) is 12.1 Å². The second kappa shape index (κ2) is 5.63. The minimum absolute atomic E-state index is 0.174. The van der Waals surface area contributed by atoms with E-state index >= 15 is 0 Å². The van der Waals surface area contributed by atoms with Gasteiger partial charge in [-0.25, -0.2) is 4.39 Å². The maximum Gasteiger partial charge on any atom is 0.123 e. The molecule has 0 aliphatic carbocycles. The third kappa shape index (κ3) is 4.12. The van der Waals surface area contributed by atoms with Crippen molar-refractivity contribution in [2.75, 3.05) is 0 Å². The molecular formula is C15H24FN. The maximum absolute atomic E-state index is 12.9. The van der Waals surface area contributed by atoms with Crippen LogP contribution in [0.1, 0.15) is 52.6 Å². The molecule has 0 aliphatic heterocycles. The molecule has 1 aromatic carbocycles. The average Bonchev–Trinajstić information content (AvgIpc) is 2.25. The first kappa shape index (κ1) is 14.2. The summed E-state index contributed by atoms with van der Waals surface area (Å²) in [5.41, 5.74) is 1.39. The smallest absolute Gasteiger partial charge is 0.123 e. The minimum atomic E-state index is -0.174. The van der Waals surface area contributed by atoms with Crippen LogP contribution in [0.5, 0.6) is 0 Å². The standard InChI is InChI=1S/C15H24FN/c1-6-14(17-11(2)15(3,4)5)12-7-9-13(16)10-8-12/h7-11,14,17H,6H2,1-5H3. The molecule has 1 nitrogen and oxygen atoms in total. The second-order valence-corrected chi connectivity index (χ2v) is 5.77. The average molecular weight is 237 g/mol. The summed E-state index contributed by atoms with van der Waals surface area (Å²) in [6, 6.07) is 7.50. The first-order chi connectivity index (χ1) is 7.84. The third-order valence-electron chi connectivity index (χ3n) is 3.43. The number of hydrogen-bond donors (Lipinski definition) is 1. The summed E-state index contributed by atoms with van der Waals surface area (Å²) in [4.78, 5) is 0. The van der Waals surface area contributed by atoms with Crippen LogP contribution >= 0.6 is 0 Å². The lowest BCUT2D eigenvalue weighted by molar-refractivity contribution is 0.260. The molecule has 0 aliphatic rings. The minimum Gasteiger partial charge on any atom is -0.307 e. The summed E-state index contributed by atoms with van der Waals surface area (Å²) in [6.07, 6.45) is 1.01. The fourth-order valence-electron chi connectivity index (χ4n) is 1.70. The first-order valence-corrected chi connectivity index (χ1v) is 6.36. The molecule has 0 bridgehead atoms. The van der Waals surface area contributed by atoms with Crippen molar-refractivity contribution < 1.29 is 4.39 Å². The molecule has 0 saturated carbocycles. The van der Waals surface area contributed by atoms with Crippen LogP contribution < -0.4 is 5.32 Å². The van der Waals surface area contributed by atoms with E-state index in [0.717, 1.165) is 12.0 Å². The van der Waals surface area contributed by atoms with Crippen molar-refractivity contribution >= 4 is 0 Å². The lowest BCUT2D eigenvalue weighted by Gasteiger charge is -2.32. The van der Waals surface area contributed by atoms with Gasteiger partial charge in [-0.2, -0.15) is 0 Å². The molecule has 2 atom stereocenters. The number of benzene rings is 1. The zero-order chi connectivity index (χ0) is 13.1. The van der Waals surface area contributed by atoms with Gasteiger partial charge in [-0.3, -0.25) is 0 Å². The molecule has 0 saturated heterocycles. The van der Waals surface area contributed by atoms with Gasteiger partial charge in [0.15, 0.2) is 0 Å². The quantitative estimate of drug-likeness (QED) is 0.823. The van der Waals surface area contributed by atoms with Gasteiger partial charge >= 0.3 is 0 Å². The van der Waals surface area contributed by atoms with Crippen LogP contribution in [0.15, 0.2) is 24.3 Å². The van der Waals surface area contributed by atoms with Crippen LogP contribution in [-0.2, 0) is 0 Å². The van der Waals surface area contributed by atoms with Crippen LogP contribution in [0, 0.1) is 11.2 Å². The van der Waals surface area contributed by atoms with E-state index in [1.807, 2.05) is 12.1 Å². The highest BCUT2D eigenvalue weighted by molar-refractivity contribution is 5.20. The largest absolute Gasteiger partial charge is 0.307 e. The van der Waals surface area contributed by atoms with Crippen molar-refractivity contribution in [2.24, 2.45) is 5.41 Å². The molecule has 1 N–H and O–H groups in total. The van der Waals surface area contributed by atoms with Crippen LogP contribution in [0.3, 0.4) is 0 Å². The number of nitrogens with one attached hydrogen (secondary N) is 1. The van der Waals surface area contributed by atoms with E-state index in [4.69, 9.17) is 0 Å². The molecule has 0 radical (unpaired) electrons. The molecule has 0 aromatic heterocycles. The van der Waals surface area contributed by atoms with Crippen LogP contribution in [0.2, 0.25) is 0 Å². The molecule has 96 valence electrons. The van der Waals surface area contributed by atoms with E-state index in [-0.39, 0.29) is 11.2 Å². The summed E-state index contributed by atoms with van der Waals surface area (Å²) in [6.45, 7) is 11.0. The Morgan fingerprint density at radius 1 is 1.18 bits per heavy atom. The predicted molar refractivity (Wildman–Crippen MR) is 71.5 cm³/mol. The molecule has 2 heteroatoms. The van der Waals surface area contributed by atoms with E-state index in [1.54, 1.807) is 0 Å². The SMILES string of the molecule is CCC(NC(C)C(C)(C)C)c1ccc(F)cc1. The van der Waals surface area contributed by atoms with Gasteiger partial charge in [-0.1, -0.05) is 39.8 Å². The fourth-order valence-corrected chi connectivity index (χ4v) is 1.70. The zero-order valence-corrected chi connectivity index (χ0v) is 11.5. The van der Waals surface area contributed by atoms with Gasteiger partial charge in [0.1, 0.15) is 5.82 Å². The second-order valence-electron chi connectivity index (χ2n) is 5.77. The lowest BCUT2D eigenvalue weighted by Crippen LogP contribution is -2.39. The Hall–Kier alpha value is -0.890. The highest BCUT2D eigenvalue weighted by atomic mass is 19.1. The Balaban J connectivity index is 2.75. The van der Waals surface area contributed by atoms with Crippen molar-refractivity contribution in [2.45, 2.75) is 53.1 Å². The van der Waals surface area contributed by atoms with Gasteiger partial charge in [0.25, 0.3) is 0 Å². The third-order valence-corrected chi connectivity index (χ3v) is 3.43. The Labute approximate surface area is 104 Å².